The van der Waals surface area contributed by atoms with Gasteiger partial charge in [0.25, 0.3) is 10.0 Å². The second-order valence-electron chi connectivity index (χ2n) is 7.22. The van der Waals surface area contributed by atoms with Crippen molar-refractivity contribution < 1.29 is 13.2 Å². The van der Waals surface area contributed by atoms with E-state index in [2.05, 4.69) is 5.32 Å². The van der Waals surface area contributed by atoms with Crippen molar-refractivity contribution in [1.82, 2.24) is 5.32 Å². The van der Waals surface area contributed by atoms with Crippen molar-refractivity contribution in [3.63, 3.8) is 0 Å². The molecule has 32 heavy (non-hydrogen) atoms. The molecular weight excluding hydrogens is 491 g/mol. The van der Waals surface area contributed by atoms with Crippen molar-refractivity contribution in [2.24, 2.45) is 0 Å². The number of anilines is 1. The number of carbonyl (C=O) groups is 1. The first kappa shape index (κ1) is 24.4. The topological polar surface area (TPSA) is 66.5 Å². The summed E-state index contributed by atoms with van der Waals surface area (Å²) >= 11 is 18.3. The summed E-state index contributed by atoms with van der Waals surface area (Å²) in [4.78, 5) is 12.9. The number of hydrogen-bond donors (Lipinski definition) is 1. The van der Waals surface area contributed by atoms with Crippen LogP contribution in [0.1, 0.15) is 16.7 Å². The third kappa shape index (κ3) is 5.56. The van der Waals surface area contributed by atoms with E-state index in [1.165, 1.54) is 12.1 Å². The fraction of sp³-hybridized carbons (Fsp3) is 0.174. The van der Waals surface area contributed by atoms with Crippen LogP contribution in [0.25, 0.3) is 0 Å². The van der Waals surface area contributed by atoms with Gasteiger partial charge in [0.15, 0.2) is 0 Å². The Balaban J connectivity index is 1.91. The third-order valence-corrected chi connectivity index (χ3v) is 7.67. The van der Waals surface area contributed by atoms with Gasteiger partial charge in [0.1, 0.15) is 6.54 Å². The van der Waals surface area contributed by atoms with Gasteiger partial charge < -0.3 is 5.32 Å². The molecule has 0 atom stereocenters. The van der Waals surface area contributed by atoms with Gasteiger partial charge in [0.05, 0.1) is 10.6 Å². The van der Waals surface area contributed by atoms with Gasteiger partial charge >= 0.3 is 0 Å². The molecule has 0 radical (unpaired) electrons. The predicted molar refractivity (Wildman–Crippen MR) is 130 cm³/mol. The van der Waals surface area contributed by atoms with E-state index in [0.29, 0.717) is 31.9 Å². The summed E-state index contributed by atoms with van der Waals surface area (Å²) in [6.45, 7) is 3.27. The highest BCUT2D eigenvalue weighted by atomic mass is 35.5. The van der Waals surface area contributed by atoms with Crippen LogP contribution < -0.4 is 9.62 Å². The molecule has 3 aromatic carbocycles. The smallest absolute Gasteiger partial charge is 0.264 e. The van der Waals surface area contributed by atoms with E-state index in [9.17, 15) is 13.2 Å². The van der Waals surface area contributed by atoms with Crippen LogP contribution >= 0.6 is 34.8 Å². The van der Waals surface area contributed by atoms with Crippen LogP contribution in [0.2, 0.25) is 15.1 Å². The molecule has 168 valence electrons. The molecular formula is C23H21Cl3N2O3S. The Hall–Kier alpha value is -2.25. The zero-order valence-electron chi connectivity index (χ0n) is 17.4. The fourth-order valence-corrected chi connectivity index (χ4v) is 5.17. The van der Waals surface area contributed by atoms with Crippen LogP contribution in [-0.4, -0.2) is 20.9 Å². The number of amides is 1. The standard InChI is InChI=1S/C23H21Cl3N2O3S/c1-15-6-10-19(11-7-15)32(30,31)28(22-5-3-4-20(25)16(22)2)14-23(29)27-13-17-8-9-18(24)12-21(17)26/h3-12H,13-14H2,1-2H3,(H,27,29). The monoisotopic (exact) mass is 510 g/mol. The van der Waals surface area contributed by atoms with E-state index in [4.69, 9.17) is 34.8 Å². The maximum absolute atomic E-state index is 13.5. The fourth-order valence-electron chi connectivity index (χ4n) is 3.05. The first-order valence-corrected chi connectivity index (χ1v) is 12.2. The van der Waals surface area contributed by atoms with Gasteiger partial charge in [0.2, 0.25) is 5.91 Å². The maximum Gasteiger partial charge on any atom is 0.264 e. The summed E-state index contributed by atoms with van der Waals surface area (Å²) in [5.74, 6) is -0.494. The van der Waals surface area contributed by atoms with Crippen molar-refractivity contribution in [3.8, 4) is 0 Å². The molecule has 0 spiro atoms. The Morgan fingerprint density at radius 3 is 2.28 bits per heavy atom. The normalized spacial score (nSPS) is 11.3. The number of halogens is 3. The van der Waals surface area contributed by atoms with Crippen molar-refractivity contribution in [1.29, 1.82) is 0 Å². The van der Waals surface area contributed by atoms with E-state index in [1.807, 2.05) is 6.92 Å². The van der Waals surface area contributed by atoms with Crippen LogP contribution in [0.15, 0.2) is 65.6 Å². The molecule has 1 N–H and O–H groups in total. The van der Waals surface area contributed by atoms with Gasteiger partial charge in [-0.3, -0.25) is 9.10 Å². The number of nitrogens with one attached hydrogen (secondary N) is 1. The number of sulfonamides is 1. The molecule has 3 rings (SSSR count). The molecule has 0 unspecified atom stereocenters. The highest BCUT2D eigenvalue weighted by Gasteiger charge is 2.28. The Morgan fingerprint density at radius 2 is 1.62 bits per heavy atom. The number of benzene rings is 3. The number of rotatable bonds is 7. The Kier molecular flexibility index (Phi) is 7.72. The molecule has 0 aliphatic rings. The molecule has 0 aromatic heterocycles. The lowest BCUT2D eigenvalue weighted by Gasteiger charge is -2.26. The molecule has 1 amide bonds. The van der Waals surface area contributed by atoms with Crippen LogP contribution in [0.3, 0.4) is 0 Å². The summed E-state index contributed by atoms with van der Waals surface area (Å²) in [6.07, 6.45) is 0. The van der Waals surface area contributed by atoms with Crippen LogP contribution in [0.4, 0.5) is 5.69 Å². The average molecular weight is 512 g/mol. The summed E-state index contributed by atoms with van der Waals surface area (Å²) in [7, 11) is -4.03. The quantitative estimate of drug-likeness (QED) is 0.437. The minimum Gasteiger partial charge on any atom is -0.350 e. The molecule has 0 aliphatic heterocycles. The van der Waals surface area contributed by atoms with E-state index in [0.717, 1.165) is 9.87 Å². The van der Waals surface area contributed by atoms with Gasteiger partial charge in [-0.2, -0.15) is 0 Å². The van der Waals surface area contributed by atoms with Gasteiger partial charge in [-0.15, -0.1) is 0 Å². The van der Waals surface area contributed by atoms with E-state index in [-0.39, 0.29) is 11.4 Å². The molecule has 5 nitrogen and oxygen atoms in total. The van der Waals surface area contributed by atoms with Gasteiger partial charge in [-0.05, 0) is 61.4 Å². The van der Waals surface area contributed by atoms with Crippen LogP contribution in [0.5, 0.6) is 0 Å². The van der Waals surface area contributed by atoms with Crippen molar-refractivity contribution in [2.75, 3.05) is 10.8 Å². The Labute approximate surface area is 203 Å². The Bertz CT molecular complexity index is 1250. The zero-order chi connectivity index (χ0) is 23.5. The van der Waals surface area contributed by atoms with Gasteiger partial charge in [-0.25, -0.2) is 8.42 Å². The summed E-state index contributed by atoms with van der Waals surface area (Å²) in [6, 6.07) is 16.3. The minimum absolute atomic E-state index is 0.0796. The molecule has 0 saturated heterocycles. The van der Waals surface area contributed by atoms with Crippen LogP contribution in [-0.2, 0) is 21.4 Å². The Morgan fingerprint density at radius 1 is 0.938 bits per heavy atom. The summed E-state index contributed by atoms with van der Waals surface area (Å²) < 4.78 is 28.0. The molecule has 0 fully saturated rings. The molecule has 0 aliphatic carbocycles. The third-order valence-electron chi connectivity index (χ3n) is 4.90. The van der Waals surface area contributed by atoms with Gasteiger partial charge in [-0.1, -0.05) is 64.6 Å². The molecule has 9 heteroatoms. The molecule has 0 bridgehead atoms. The molecule has 0 saturated carbocycles. The van der Waals surface area contributed by atoms with E-state index < -0.39 is 22.5 Å². The lowest BCUT2D eigenvalue weighted by Crippen LogP contribution is -2.41. The highest BCUT2D eigenvalue weighted by molar-refractivity contribution is 7.92. The first-order valence-electron chi connectivity index (χ1n) is 9.65. The minimum atomic E-state index is -4.03. The number of hydrogen-bond acceptors (Lipinski definition) is 3. The SMILES string of the molecule is Cc1ccc(S(=O)(=O)N(CC(=O)NCc2ccc(Cl)cc2Cl)c2cccc(Cl)c2C)cc1. The van der Waals surface area contributed by atoms with Gasteiger partial charge in [0, 0.05) is 21.6 Å². The summed E-state index contributed by atoms with van der Waals surface area (Å²) in [5, 5.41) is 4.02. The number of carbonyl (C=O) groups excluding carboxylic acids is 1. The lowest BCUT2D eigenvalue weighted by atomic mass is 10.2. The van der Waals surface area contributed by atoms with Crippen molar-refractivity contribution in [3.05, 3.63) is 92.4 Å². The summed E-state index contributed by atoms with van der Waals surface area (Å²) in [5.41, 5.74) is 2.47. The maximum atomic E-state index is 13.5. The highest BCUT2D eigenvalue weighted by Crippen LogP contribution is 2.31. The second kappa shape index (κ2) is 10.1. The van der Waals surface area contributed by atoms with Crippen molar-refractivity contribution >= 4 is 56.4 Å². The number of aryl methyl sites for hydroxylation is 1. The largest absolute Gasteiger partial charge is 0.350 e. The van der Waals surface area contributed by atoms with Crippen molar-refractivity contribution in [2.45, 2.75) is 25.3 Å². The molecule has 0 heterocycles. The number of nitrogens with zero attached hydrogens (tertiary/aromatic N) is 1. The first-order chi connectivity index (χ1) is 15.1. The van der Waals surface area contributed by atoms with E-state index >= 15 is 0 Å². The predicted octanol–water partition coefficient (Wildman–Crippen LogP) is 5.78. The zero-order valence-corrected chi connectivity index (χ0v) is 20.5. The molecule has 3 aromatic rings. The average Bonchev–Trinajstić information content (AvgIpc) is 2.74. The lowest BCUT2D eigenvalue weighted by molar-refractivity contribution is -0.119. The second-order valence-corrected chi connectivity index (χ2v) is 10.3. The van der Waals surface area contributed by atoms with Crippen LogP contribution in [0, 0.1) is 13.8 Å². The van der Waals surface area contributed by atoms with E-state index in [1.54, 1.807) is 55.5 Å².